The molecule has 3 aromatic rings. The van der Waals surface area contributed by atoms with Crippen LogP contribution in [0, 0.1) is 6.08 Å². The molecule has 0 atom stereocenters. The quantitative estimate of drug-likeness (QED) is 0.446. The van der Waals surface area contributed by atoms with Crippen LogP contribution < -0.4 is 24.8 Å². The fourth-order valence-electron chi connectivity index (χ4n) is 3.79. The number of aryl methyl sites for hydroxylation is 2. The van der Waals surface area contributed by atoms with Gasteiger partial charge in [0.25, 0.3) is 0 Å². The van der Waals surface area contributed by atoms with E-state index in [-0.39, 0.29) is 51.0 Å². The third-order valence-electron chi connectivity index (χ3n) is 5.14. The average molecular weight is 511 g/mol. The van der Waals surface area contributed by atoms with Crippen molar-refractivity contribution in [2.24, 2.45) is 0 Å². The van der Waals surface area contributed by atoms with Gasteiger partial charge in [-0.3, -0.25) is 0 Å². The molecule has 0 amide bonds. The maximum atomic E-state index is 3.30. The Hall–Kier alpha value is -1.53. The monoisotopic (exact) mass is 508 g/mol. The molecule has 0 saturated heterocycles. The first-order valence-electron chi connectivity index (χ1n) is 9.77. The predicted molar refractivity (Wildman–Crippen MR) is 115 cm³/mol. The second-order valence-electron chi connectivity index (χ2n) is 6.97. The Kier molecular flexibility index (Phi) is 12.1. The Bertz CT molecular complexity index is 890. The molecular weight excluding hydrogens is 486 g/mol. The van der Waals surface area contributed by atoms with Crippen LogP contribution in [0.3, 0.4) is 0 Å². The molecule has 0 radical (unpaired) electrons. The third kappa shape index (κ3) is 6.74. The second-order valence-corrected chi connectivity index (χ2v) is 6.97. The molecule has 5 rings (SSSR count). The van der Waals surface area contributed by atoms with E-state index in [1.165, 1.54) is 42.4 Å². The Morgan fingerprint density at radius 3 is 1.90 bits per heavy atom. The third-order valence-corrected chi connectivity index (χ3v) is 5.14. The zero-order chi connectivity index (χ0) is 18.3. The van der Waals surface area contributed by atoms with E-state index in [2.05, 4.69) is 78.9 Å². The van der Waals surface area contributed by atoms with E-state index in [1.54, 1.807) is 11.1 Å². The van der Waals surface area contributed by atoms with Gasteiger partial charge in [0.1, 0.15) is 0 Å². The Morgan fingerprint density at radius 1 is 0.767 bits per heavy atom. The van der Waals surface area contributed by atoms with Crippen LogP contribution >= 0.6 is 0 Å². The minimum absolute atomic E-state index is 0. The van der Waals surface area contributed by atoms with Gasteiger partial charge in [-0.1, -0.05) is 103 Å². The molecule has 0 heterocycles. The van der Waals surface area contributed by atoms with Gasteiger partial charge in [0.05, 0.1) is 0 Å². The largest absolute Gasteiger partial charge is 4.00 e. The van der Waals surface area contributed by atoms with Crippen LogP contribution in [0.15, 0.2) is 103 Å². The predicted octanol–water partition coefficient (Wildman–Crippen LogP) is 0.707. The van der Waals surface area contributed by atoms with Crippen LogP contribution in [-0.2, 0) is 39.0 Å². The van der Waals surface area contributed by atoms with Crippen LogP contribution in [0.5, 0.6) is 0 Å². The minimum atomic E-state index is 0. The summed E-state index contributed by atoms with van der Waals surface area (Å²) in [7, 11) is 0. The molecule has 0 aliphatic heterocycles. The van der Waals surface area contributed by atoms with Crippen molar-refractivity contribution in [3.8, 4) is 0 Å². The number of allylic oxidation sites excluding steroid dienone is 5. The van der Waals surface area contributed by atoms with Crippen molar-refractivity contribution in [2.45, 2.75) is 25.7 Å². The summed E-state index contributed by atoms with van der Waals surface area (Å²) in [6, 6.07) is 27.6. The van der Waals surface area contributed by atoms with Crippen molar-refractivity contribution in [1.82, 2.24) is 0 Å². The summed E-state index contributed by atoms with van der Waals surface area (Å²) < 4.78 is 0. The van der Waals surface area contributed by atoms with Crippen molar-refractivity contribution in [1.29, 1.82) is 0 Å². The molecule has 2 aliphatic carbocycles. The first kappa shape index (κ1) is 26.5. The van der Waals surface area contributed by atoms with Gasteiger partial charge in [-0.15, -0.1) is 6.08 Å². The molecule has 0 bridgehead atoms. The first-order valence-corrected chi connectivity index (χ1v) is 9.77. The molecule has 0 N–H and O–H groups in total. The molecule has 0 nitrogen and oxygen atoms in total. The molecule has 0 fully saturated rings. The fourth-order valence-corrected chi connectivity index (χ4v) is 3.79. The number of fused-ring (bicyclic) bond motifs is 1. The molecule has 3 aromatic carbocycles. The summed E-state index contributed by atoms with van der Waals surface area (Å²) in [6.07, 6.45) is 14.8. The molecule has 150 valence electrons. The summed E-state index contributed by atoms with van der Waals surface area (Å²) in [5.41, 5.74) is 8.04. The van der Waals surface area contributed by atoms with Crippen molar-refractivity contribution < 1.29 is 51.0 Å². The van der Waals surface area contributed by atoms with Crippen molar-refractivity contribution in [3.63, 3.8) is 0 Å². The standard InChI is InChI=1S/C18H13.C9H11.2ClH.Zr/c1-3-9-15(10-4-1)18(17-13-7-8-14-17)16-11-5-2-6-12-16;1-2-5-9-7-3-6-8(9)4-1;;;/h1-13H;3,6-7H,1-2,4-5H2;2*1H;/q2*-1;;;+4/p-2. The van der Waals surface area contributed by atoms with E-state index in [9.17, 15) is 0 Å². The number of hydrogen-bond acceptors (Lipinski definition) is 0. The fraction of sp³-hybridized carbons (Fsp3) is 0.148. The molecule has 30 heavy (non-hydrogen) atoms. The van der Waals surface area contributed by atoms with E-state index >= 15 is 0 Å². The van der Waals surface area contributed by atoms with Crippen LogP contribution in [0.25, 0.3) is 5.57 Å². The van der Waals surface area contributed by atoms with E-state index in [0.29, 0.717) is 0 Å². The smallest absolute Gasteiger partial charge is 1.00 e. The van der Waals surface area contributed by atoms with Crippen LogP contribution in [0.2, 0.25) is 0 Å². The number of benzene rings is 2. The van der Waals surface area contributed by atoms with E-state index in [0.717, 1.165) is 5.57 Å². The Morgan fingerprint density at radius 2 is 1.37 bits per heavy atom. The van der Waals surface area contributed by atoms with Gasteiger partial charge in [0.15, 0.2) is 0 Å². The molecule has 0 unspecified atom stereocenters. The van der Waals surface area contributed by atoms with Crippen molar-refractivity contribution in [2.75, 3.05) is 0 Å². The van der Waals surface area contributed by atoms with E-state index in [4.69, 9.17) is 0 Å². The maximum absolute atomic E-state index is 3.30. The van der Waals surface area contributed by atoms with Gasteiger partial charge < -0.3 is 24.8 Å². The minimum Gasteiger partial charge on any atom is -1.00 e. The van der Waals surface area contributed by atoms with Gasteiger partial charge in [-0.05, 0) is 0 Å². The molecule has 0 saturated carbocycles. The summed E-state index contributed by atoms with van der Waals surface area (Å²) in [5.74, 6) is 0. The number of hydrogen-bond donors (Lipinski definition) is 0. The normalized spacial score (nSPS) is 13.0. The summed E-state index contributed by atoms with van der Waals surface area (Å²) in [5, 5.41) is 0. The zero-order valence-corrected chi connectivity index (χ0v) is 20.8. The molecular formula is C27H24Cl2Zr. The molecule has 0 aromatic heterocycles. The van der Waals surface area contributed by atoms with Crippen LogP contribution in [0.1, 0.15) is 35.1 Å². The van der Waals surface area contributed by atoms with Crippen molar-refractivity contribution in [3.05, 3.63) is 131 Å². The van der Waals surface area contributed by atoms with E-state index < -0.39 is 0 Å². The van der Waals surface area contributed by atoms with Crippen molar-refractivity contribution >= 4 is 5.57 Å². The first-order chi connectivity index (χ1) is 13.4. The summed E-state index contributed by atoms with van der Waals surface area (Å²) in [6.45, 7) is 0. The second kappa shape index (κ2) is 13.7. The van der Waals surface area contributed by atoms with E-state index in [1.807, 2.05) is 24.3 Å². The Labute approximate surface area is 212 Å². The molecule has 3 heteroatoms. The topological polar surface area (TPSA) is 0 Å². The summed E-state index contributed by atoms with van der Waals surface area (Å²) >= 11 is 0. The average Bonchev–Trinajstić information content (AvgIpc) is 3.42. The van der Waals surface area contributed by atoms with Crippen LogP contribution in [-0.4, -0.2) is 0 Å². The van der Waals surface area contributed by atoms with Gasteiger partial charge in [-0.25, -0.2) is 6.07 Å². The van der Waals surface area contributed by atoms with Gasteiger partial charge in [0.2, 0.25) is 0 Å². The maximum Gasteiger partial charge on any atom is 4.00 e. The number of halogens is 2. The zero-order valence-electron chi connectivity index (χ0n) is 16.8. The summed E-state index contributed by atoms with van der Waals surface area (Å²) in [4.78, 5) is 0. The van der Waals surface area contributed by atoms with Gasteiger partial charge in [0, 0.05) is 0 Å². The van der Waals surface area contributed by atoms with Gasteiger partial charge in [-0.2, -0.15) is 47.1 Å². The Balaban J connectivity index is 0.000000321. The molecule has 0 spiro atoms. The number of rotatable bonds is 2. The van der Waals surface area contributed by atoms with Gasteiger partial charge >= 0.3 is 26.2 Å². The van der Waals surface area contributed by atoms with Crippen LogP contribution in [0.4, 0.5) is 0 Å². The SMILES string of the molecule is [C-]1=CC=CC1=C(c1ccccc1)c1ccccc1.[Cl-].[Cl-].[Zr+4].c1cc2c([cH-]1)CCCC2. The molecule has 2 aliphatic rings.